The van der Waals surface area contributed by atoms with Gasteiger partial charge in [-0.25, -0.2) is 0 Å². The van der Waals surface area contributed by atoms with Gasteiger partial charge in [-0.3, -0.25) is 4.79 Å². The van der Waals surface area contributed by atoms with Gasteiger partial charge in [0.15, 0.2) is 11.2 Å². The van der Waals surface area contributed by atoms with Crippen molar-refractivity contribution in [2.45, 2.75) is 5.51 Å². The van der Waals surface area contributed by atoms with Gasteiger partial charge in [-0.15, -0.1) is 0 Å². The minimum atomic E-state index is -5.85. The fraction of sp³-hybridized carbons (Fsp3) is 0.357. The van der Waals surface area contributed by atoms with Gasteiger partial charge in [0, 0.05) is 24.5 Å². The molecule has 1 N–H and O–H groups in total. The first-order valence-electron chi connectivity index (χ1n) is 7.18. The van der Waals surface area contributed by atoms with Gasteiger partial charge in [-0.1, -0.05) is 6.07 Å². The van der Waals surface area contributed by atoms with Crippen LogP contribution in [0.15, 0.2) is 29.1 Å². The van der Waals surface area contributed by atoms with Crippen LogP contribution in [0.2, 0.25) is 0 Å². The first kappa shape index (κ1) is 17.5. The molecule has 1 fully saturated rings. The Morgan fingerprint density at radius 3 is 2.52 bits per heavy atom. The van der Waals surface area contributed by atoms with E-state index in [1.54, 1.807) is 4.90 Å². The van der Waals surface area contributed by atoms with E-state index in [-0.39, 0.29) is 10.9 Å². The highest BCUT2D eigenvalue weighted by Crippen LogP contribution is 2.30. The average Bonchev–Trinajstić information content (AvgIpc) is 2.55. The van der Waals surface area contributed by atoms with Gasteiger partial charge in [-0.05, 0) is 12.1 Å². The molecule has 2 heterocycles. The van der Waals surface area contributed by atoms with Crippen LogP contribution in [0.4, 0.5) is 19.0 Å². The second kappa shape index (κ2) is 6.23. The number of rotatable bonds is 3. The van der Waals surface area contributed by atoms with E-state index in [9.17, 15) is 26.4 Å². The lowest BCUT2D eigenvalue weighted by Gasteiger charge is -2.28. The number of pyridine rings is 1. The summed E-state index contributed by atoms with van der Waals surface area (Å²) in [5, 5.41) is 0.0203. The van der Waals surface area contributed by atoms with Crippen molar-refractivity contribution in [3.05, 3.63) is 34.5 Å². The minimum absolute atomic E-state index is 0.0203. The first-order valence-corrected chi connectivity index (χ1v) is 8.59. The molecule has 7 nitrogen and oxygen atoms in total. The van der Waals surface area contributed by atoms with Crippen molar-refractivity contribution < 1.29 is 30.5 Å². The van der Waals surface area contributed by atoms with Crippen molar-refractivity contribution in [3.63, 3.8) is 0 Å². The fourth-order valence-corrected chi connectivity index (χ4v) is 2.91. The summed E-state index contributed by atoms with van der Waals surface area (Å²) in [6.45, 7) is 1.82. The van der Waals surface area contributed by atoms with Crippen LogP contribution in [-0.2, 0) is 14.9 Å². The Morgan fingerprint density at radius 2 is 1.88 bits per heavy atom. The zero-order valence-corrected chi connectivity index (χ0v) is 13.5. The Hall–Kier alpha value is -2.27. The first-order chi connectivity index (χ1) is 11.7. The number of ether oxygens (including phenoxy) is 1. The van der Waals surface area contributed by atoms with Crippen LogP contribution in [0.5, 0.6) is 5.75 Å². The zero-order valence-electron chi connectivity index (χ0n) is 12.7. The SMILES string of the molecule is O=c1cc(N2CCOCC2)[nH]c2c(OS(=O)(=O)C(F)(F)F)cccc12. The minimum Gasteiger partial charge on any atom is -0.378 e. The van der Waals surface area contributed by atoms with E-state index in [2.05, 4.69) is 9.17 Å². The molecule has 0 amide bonds. The monoisotopic (exact) mass is 378 g/mol. The maximum atomic E-state index is 12.6. The molecule has 11 heteroatoms. The molecule has 136 valence electrons. The normalized spacial score (nSPS) is 16.2. The van der Waals surface area contributed by atoms with Gasteiger partial charge in [0.25, 0.3) is 0 Å². The molecule has 0 unspecified atom stereocenters. The van der Waals surface area contributed by atoms with Crippen molar-refractivity contribution >= 4 is 26.8 Å². The standard InChI is InChI=1S/C14H13F3N2O5S/c15-14(16,17)25(21,22)24-11-3-1-2-9-10(20)8-12(18-13(9)11)19-4-6-23-7-5-19/h1-3,8H,4-7H2,(H,18,20). The van der Waals surface area contributed by atoms with Crippen LogP contribution in [-0.4, -0.2) is 45.2 Å². The molecule has 2 aromatic rings. The number of H-pyrrole nitrogens is 1. The highest BCUT2D eigenvalue weighted by molar-refractivity contribution is 7.88. The van der Waals surface area contributed by atoms with Gasteiger partial charge in [0.05, 0.1) is 18.7 Å². The van der Waals surface area contributed by atoms with Crippen LogP contribution in [0.1, 0.15) is 0 Å². The number of anilines is 1. The molecule has 0 atom stereocenters. The topological polar surface area (TPSA) is 88.7 Å². The molecule has 25 heavy (non-hydrogen) atoms. The predicted molar refractivity (Wildman–Crippen MR) is 83.2 cm³/mol. The molecule has 1 aromatic carbocycles. The quantitative estimate of drug-likeness (QED) is 0.645. The predicted octanol–water partition coefficient (Wildman–Crippen LogP) is 1.59. The Kier molecular flexibility index (Phi) is 4.37. The maximum absolute atomic E-state index is 12.6. The highest BCUT2D eigenvalue weighted by atomic mass is 32.2. The van der Waals surface area contributed by atoms with Crippen molar-refractivity contribution in [1.29, 1.82) is 0 Å². The zero-order chi connectivity index (χ0) is 18.2. The van der Waals surface area contributed by atoms with Crippen LogP contribution in [0.3, 0.4) is 0 Å². The third-order valence-electron chi connectivity index (χ3n) is 3.65. The fourth-order valence-electron chi connectivity index (χ4n) is 2.44. The number of fused-ring (bicyclic) bond motifs is 1. The summed E-state index contributed by atoms with van der Waals surface area (Å²) in [6.07, 6.45) is 0. The van der Waals surface area contributed by atoms with Gasteiger partial charge >= 0.3 is 15.6 Å². The second-order valence-electron chi connectivity index (χ2n) is 5.28. The number of benzene rings is 1. The Bertz CT molecular complexity index is 949. The molecule has 1 saturated heterocycles. The molecule has 0 aliphatic carbocycles. The van der Waals surface area contributed by atoms with Crippen molar-refractivity contribution in [2.75, 3.05) is 31.2 Å². The van der Waals surface area contributed by atoms with Crippen LogP contribution in [0, 0.1) is 0 Å². The summed E-state index contributed by atoms with van der Waals surface area (Å²) in [5.41, 5.74) is -6.16. The number of para-hydroxylation sites is 1. The summed E-state index contributed by atoms with van der Waals surface area (Å²) in [7, 11) is -5.85. The molecule has 1 aliphatic heterocycles. The van der Waals surface area contributed by atoms with Crippen LogP contribution >= 0.6 is 0 Å². The Balaban J connectivity index is 2.10. The molecule has 3 rings (SSSR count). The van der Waals surface area contributed by atoms with E-state index < -0.39 is 26.8 Å². The number of hydrogen-bond donors (Lipinski definition) is 1. The molecular formula is C14H13F3N2O5S. The lowest BCUT2D eigenvalue weighted by atomic mass is 10.2. The van der Waals surface area contributed by atoms with Crippen LogP contribution in [0.25, 0.3) is 10.9 Å². The molecule has 1 aromatic heterocycles. The Labute approximate surface area is 140 Å². The largest absolute Gasteiger partial charge is 0.534 e. The summed E-state index contributed by atoms with van der Waals surface area (Å²) in [5.74, 6) is -0.247. The van der Waals surface area contributed by atoms with E-state index in [4.69, 9.17) is 4.74 Å². The van der Waals surface area contributed by atoms with E-state index in [1.807, 2.05) is 0 Å². The number of alkyl halides is 3. The summed E-state index contributed by atoms with van der Waals surface area (Å²) in [6, 6.07) is 4.96. The number of aromatic amines is 1. The lowest BCUT2D eigenvalue weighted by molar-refractivity contribution is -0.0499. The third kappa shape index (κ3) is 3.42. The molecule has 0 bridgehead atoms. The van der Waals surface area contributed by atoms with E-state index in [0.29, 0.717) is 32.1 Å². The second-order valence-corrected chi connectivity index (χ2v) is 6.82. The average molecular weight is 378 g/mol. The van der Waals surface area contributed by atoms with Crippen molar-refractivity contribution in [3.8, 4) is 5.75 Å². The van der Waals surface area contributed by atoms with E-state index in [1.165, 1.54) is 18.2 Å². The number of nitrogens with zero attached hydrogens (tertiary/aromatic N) is 1. The number of hydrogen-bond acceptors (Lipinski definition) is 6. The highest BCUT2D eigenvalue weighted by Gasteiger charge is 2.48. The molecule has 0 spiro atoms. The number of nitrogens with one attached hydrogen (secondary N) is 1. The molecular weight excluding hydrogens is 365 g/mol. The summed E-state index contributed by atoms with van der Waals surface area (Å²) < 4.78 is 69.6. The summed E-state index contributed by atoms with van der Waals surface area (Å²) >= 11 is 0. The molecule has 1 aliphatic rings. The maximum Gasteiger partial charge on any atom is 0.534 e. The van der Waals surface area contributed by atoms with Crippen LogP contribution < -0.4 is 14.5 Å². The Morgan fingerprint density at radius 1 is 1.20 bits per heavy atom. The third-order valence-corrected chi connectivity index (χ3v) is 4.61. The van der Waals surface area contributed by atoms with E-state index >= 15 is 0 Å². The van der Waals surface area contributed by atoms with Gasteiger partial charge in [-0.2, -0.15) is 21.6 Å². The van der Waals surface area contributed by atoms with E-state index in [0.717, 1.165) is 6.07 Å². The number of halogens is 3. The van der Waals surface area contributed by atoms with Gasteiger partial charge < -0.3 is 18.8 Å². The molecule has 0 radical (unpaired) electrons. The molecule has 0 saturated carbocycles. The lowest BCUT2D eigenvalue weighted by Crippen LogP contribution is -2.37. The van der Waals surface area contributed by atoms with Crippen molar-refractivity contribution in [2.24, 2.45) is 0 Å². The number of aromatic nitrogens is 1. The van der Waals surface area contributed by atoms with Crippen molar-refractivity contribution in [1.82, 2.24) is 4.98 Å². The van der Waals surface area contributed by atoms with Gasteiger partial charge in [0.2, 0.25) is 0 Å². The van der Waals surface area contributed by atoms with Gasteiger partial charge in [0.1, 0.15) is 5.82 Å². The number of morpholine rings is 1. The summed E-state index contributed by atoms with van der Waals surface area (Å²) in [4.78, 5) is 16.8. The smallest absolute Gasteiger partial charge is 0.378 e.